The summed E-state index contributed by atoms with van der Waals surface area (Å²) in [6.45, 7) is 2.12. The highest BCUT2D eigenvalue weighted by Gasteiger charge is 2.38. The monoisotopic (exact) mass is 596 g/mol. The van der Waals surface area contributed by atoms with Gasteiger partial charge in [0.1, 0.15) is 0 Å². The zero-order valence-corrected chi connectivity index (χ0v) is 22.5. The number of para-hydroxylation sites is 1. The van der Waals surface area contributed by atoms with Gasteiger partial charge < -0.3 is 15.3 Å². The second-order valence-electron chi connectivity index (χ2n) is 8.51. The van der Waals surface area contributed by atoms with E-state index < -0.39 is 12.1 Å². The zero-order chi connectivity index (χ0) is 28.2. The molecule has 2 aromatic carbocycles. The molecule has 39 heavy (non-hydrogen) atoms. The van der Waals surface area contributed by atoms with E-state index in [1.165, 1.54) is 36.7 Å². The highest BCUT2D eigenvalue weighted by Crippen LogP contribution is 2.35. The predicted octanol–water partition coefficient (Wildman–Crippen LogP) is 7.25. The summed E-state index contributed by atoms with van der Waals surface area (Å²) in [6, 6.07) is 13.4. The molecular weight excluding hydrogens is 576 g/mol. The minimum atomic E-state index is -5.08. The molecule has 0 radical (unpaired) electrons. The maximum Gasteiger partial charge on any atom is 0.490 e. The summed E-state index contributed by atoms with van der Waals surface area (Å²) < 4.78 is 31.7. The van der Waals surface area contributed by atoms with E-state index in [1.54, 1.807) is 18.2 Å². The van der Waals surface area contributed by atoms with E-state index in [9.17, 15) is 18.0 Å². The van der Waals surface area contributed by atoms with Crippen LogP contribution in [0.15, 0.2) is 58.6 Å². The molecule has 204 valence electrons. The third kappa shape index (κ3) is 7.23. The number of carbonyl (C=O) groups is 2. The minimum absolute atomic E-state index is 0.289. The van der Waals surface area contributed by atoms with E-state index in [-0.39, 0.29) is 5.91 Å². The Morgan fingerprint density at radius 1 is 1.08 bits per heavy atom. The number of aromatic nitrogens is 1. The molecule has 0 spiro atoms. The second-order valence-corrected chi connectivity index (χ2v) is 10.4. The number of benzene rings is 2. The van der Waals surface area contributed by atoms with Crippen molar-refractivity contribution in [1.82, 2.24) is 4.98 Å². The lowest BCUT2D eigenvalue weighted by molar-refractivity contribution is -0.192. The van der Waals surface area contributed by atoms with E-state index >= 15 is 0 Å². The maximum absolute atomic E-state index is 12.5. The molecule has 1 fully saturated rings. The number of hydrogen-bond donors (Lipinski definition) is 2. The molecule has 1 amide bonds. The number of piperidine rings is 1. The summed E-state index contributed by atoms with van der Waals surface area (Å²) >= 11 is 13.7. The Morgan fingerprint density at radius 2 is 1.74 bits per heavy atom. The van der Waals surface area contributed by atoms with Crippen LogP contribution in [0.2, 0.25) is 10.0 Å². The lowest BCUT2D eigenvalue weighted by Crippen LogP contribution is -2.29. The number of alkyl halides is 3. The van der Waals surface area contributed by atoms with Crippen molar-refractivity contribution in [3.8, 4) is 0 Å². The van der Waals surface area contributed by atoms with Gasteiger partial charge in [0.15, 0.2) is 5.17 Å². The predicted molar refractivity (Wildman–Crippen MR) is 150 cm³/mol. The molecule has 1 aromatic heterocycles. The number of halogens is 5. The van der Waals surface area contributed by atoms with Gasteiger partial charge in [-0.15, -0.1) is 0 Å². The molecule has 0 atom stereocenters. The van der Waals surface area contributed by atoms with Gasteiger partial charge in [-0.1, -0.05) is 35.3 Å². The number of thioether (sulfide) groups is 1. The van der Waals surface area contributed by atoms with Crippen molar-refractivity contribution in [3.05, 3.63) is 69.2 Å². The summed E-state index contributed by atoms with van der Waals surface area (Å²) in [5.41, 5.74) is 3.63. The lowest BCUT2D eigenvalue weighted by atomic mass is 10.1. The van der Waals surface area contributed by atoms with Gasteiger partial charge in [-0.25, -0.2) is 4.79 Å². The number of carbonyl (C=O) groups excluding carboxylic acids is 1. The number of carboxylic acid groups (broad SMARTS) is 1. The smallest absolute Gasteiger partial charge is 0.475 e. The molecular formula is C26H21Cl2F3N4O3S. The van der Waals surface area contributed by atoms with Crippen molar-refractivity contribution in [2.24, 2.45) is 4.99 Å². The molecule has 1 saturated heterocycles. The molecule has 3 aromatic rings. The average Bonchev–Trinajstić information content (AvgIpc) is 3.24. The van der Waals surface area contributed by atoms with Crippen LogP contribution in [-0.4, -0.2) is 46.4 Å². The second kappa shape index (κ2) is 12.3. The standard InChI is InChI=1S/C24H20Cl2N4OS.C2HF3O2/c25-17-5-4-6-18(26)22(17)28-24-29-23(31)21(32-24)14-15-7-8-19-16(13-15)20(9-10-27-19)30-11-2-1-3-12-30;3-2(4,5)1(6)7/h4-10,13-14H,1-3,11-12H2,(H,28,29,31);(H,6,7). The Balaban J connectivity index is 0.000000448. The van der Waals surface area contributed by atoms with E-state index in [0.717, 1.165) is 29.6 Å². The zero-order valence-electron chi connectivity index (χ0n) is 20.1. The van der Waals surface area contributed by atoms with Crippen molar-refractivity contribution < 1.29 is 27.9 Å². The fourth-order valence-corrected chi connectivity index (χ4v) is 5.30. The summed E-state index contributed by atoms with van der Waals surface area (Å²) in [5, 5.41) is 12.7. The Kier molecular flexibility index (Phi) is 9.04. The van der Waals surface area contributed by atoms with Crippen LogP contribution in [0.4, 0.5) is 24.5 Å². The molecule has 7 nitrogen and oxygen atoms in total. The van der Waals surface area contributed by atoms with Gasteiger partial charge in [-0.3, -0.25) is 9.78 Å². The van der Waals surface area contributed by atoms with Crippen LogP contribution in [0.5, 0.6) is 0 Å². The number of rotatable bonds is 3. The number of aliphatic carboxylic acids is 1. The normalized spacial score (nSPS) is 16.6. The van der Waals surface area contributed by atoms with Crippen LogP contribution < -0.4 is 10.2 Å². The van der Waals surface area contributed by atoms with E-state index in [4.69, 9.17) is 33.1 Å². The first kappa shape index (κ1) is 28.7. The van der Waals surface area contributed by atoms with Gasteiger partial charge in [0.2, 0.25) is 0 Å². The largest absolute Gasteiger partial charge is 0.490 e. The van der Waals surface area contributed by atoms with Crippen molar-refractivity contribution in [2.45, 2.75) is 25.4 Å². The third-order valence-electron chi connectivity index (χ3n) is 5.79. The molecule has 3 heterocycles. The highest BCUT2D eigenvalue weighted by molar-refractivity contribution is 8.18. The summed E-state index contributed by atoms with van der Waals surface area (Å²) in [7, 11) is 0. The molecule has 0 bridgehead atoms. The molecule has 0 unspecified atom stereocenters. The van der Waals surface area contributed by atoms with E-state index in [0.29, 0.717) is 25.8 Å². The Morgan fingerprint density at radius 3 is 2.38 bits per heavy atom. The van der Waals surface area contributed by atoms with Gasteiger partial charge in [-0.05, 0) is 73.0 Å². The summed E-state index contributed by atoms with van der Waals surface area (Å²) in [5.74, 6) is -3.05. The Bertz CT molecular complexity index is 1450. The topological polar surface area (TPSA) is 94.9 Å². The summed E-state index contributed by atoms with van der Waals surface area (Å²) in [4.78, 5) is 33.0. The number of amidine groups is 1. The minimum Gasteiger partial charge on any atom is -0.475 e. The van der Waals surface area contributed by atoms with Crippen molar-refractivity contribution >= 4 is 80.4 Å². The molecule has 2 aliphatic heterocycles. The van der Waals surface area contributed by atoms with Gasteiger partial charge in [0.25, 0.3) is 5.91 Å². The Labute approximate surface area is 235 Å². The highest BCUT2D eigenvalue weighted by atomic mass is 35.5. The Hall–Kier alpha value is -3.28. The first-order valence-electron chi connectivity index (χ1n) is 11.7. The van der Waals surface area contributed by atoms with Crippen molar-refractivity contribution in [1.29, 1.82) is 0 Å². The molecule has 2 aliphatic rings. The lowest BCUT2D eigenvalue weighted by Gasteiger charge is -2.29. The SMILES string of the molecule is O=C(O)C(F)(F)F.O=C1N=C(Nc2c(Cl)cccc2Cl)SC1=Cc1ccc2nccc(N3CCCCC3)c2c1. The number of anilines is 2. The number of nitrogens with one attached hydrogen (secondary N) is 1. The van der Waals surface area contributed by atoms with Crippen LogP contribution >= 0.6 is 35.0 Å². The van der Waals surface area contributed by atoms with E-state index in [2.05, 4.69) is 32.3 Å². The fourth-order valence-electron chi connectivity index (χ4n) is 3.99. The van der Waals surface area contributed by atoms with Gasteiger partial charge >= 0.3 is 12.1 Å². The third-order valence-corrected chi connectivity index (χ3v) is 7.32. The molecule has 2 N–H and O–H groups in total. The number of amides is 1. The number of nitrogens with zero attached hydrogens (tertiary/aromatic N) is 3. The van der Waals surface area contributed by atoms with Crippen LogP contribution in [0.25, 0.3) is 17.0 Å². The van der Waals surface area contributed by atoms with Gasteiger partial charge in [0, 0.05) is 30.4 Å². The number of pyridine rings is 1. The first-order chi connectivity index (χ1) is 18.5. The van der Waals surface area contributed by atoms with Crippen LogP contribution in [0.1, 0.15) is 24.8 Å². The molecule has 0 saturated carbocycles. The first-order valence-corrected chi connectivity index (χ1v) is 13.3. The quantitative estimate of drug-likeness (QED) is 0.307. The average molecular weight is 597 g/mol. The van der Waals surface area contributed by atoms with E-state index in [1.807, 2.05) is 24.4 Å². The summed E-state index contributed by atoms with van der Waals surface area (Å²) in [6.07, 6.45) is 2.35. The van der Waals surface area contributed by atoms with Crippen molar-refractivity contribution in [2.75, 3.05) is 23.3 Å². The van der Waals surface area contributed by atoms with Crippen LogP contribution in [0, 0.1) is 0 Å². The number of carboxylic acids is 1. The van der Waals surface area contributed by atoms with Crippen LogP contribution in [-0.2, 0) is 9.59 Å². The van der Waals surface area contributed by atoms with Gasteiger partial charge in [0.05, 0.1) is 26.2 Å². The number of aliphatic imine (C=N–C) groups is 1. The van der Waals surface area contributed by atoms with Gasteiger partial charge in [-0.2, -0.15) is 18.2 Å². The maximum atomic E-state index is 12.5. The molecule has 0 aliphatic carbocycles. The molecule has 5 rings (SSSR count). The van der Waals surface area contributed by atoms with Crippen LogP contribution in [0.3, 0.4) is 0 Å². The number of fused-ring (bicyclic) bond motifs is 1. The van der Waals surface area contributed by atoms with Crippen molar-refractivity contribution in [3.63, 3.8) is 0 Å². The fraction of sp³-hybridized carbons (Fsp3) is 0.231. The number of hydrogen-bond acceptors (Lipinski definition) is 6. The molecule has 13 heteroatoms.